The molecule has 2 fully saturated rings. The van der Waals surface area contributed by atoms with Gasteiger partial charge in [0.15, 0.2) is 11.5 Å². The van der Waals surface area contributed by atoms with Crippen molar-refractivity contribution < 1.29 is 14.3 Å². The van der Waals surface area contributed by atoms with E-state index in [1.165, 1.54) is 31.0 Å². The van der Waals surface area contributed by atoms with Crippen molar-refractivity contribution in [2.45, 2.75) is 51.7 Å². The van der Waals surface area contributed by atoms with Crippen molar-refractivity contribution in [2.75, 3.05) is 6.61 Å². The quantitative estimate of drug-likeness (QED) is 0.369. The fraction of sp³-hybridized carbons (Fsp3) is 0.360. The van der Waals surface area contributed by atoms with Gasteiger partial charge in [-0.2, -0.15) is 0 Å². The number of carbonyl (C=O) groups is 1. The molecule has 0 bridgehead atoms. The lowest BCUT2D eigenvalue weighted by Crippen LogP contribution is -2.39. The standard InChI is InChI=1S/C25H27NO3S2/c1-2-28-22-15-19(13-14-21(22)29-17-18-9-5-3-6-10-18)16-23-24(27)26(25(30)31-23)20-11-7-4-8-12-20/h3,5-6,9-10,13-16,20H,2,4,7-8,11-12,17H2,1H3/b23-16-. The maximum absolute atomic E-state index is 13.0. The van der Waals surface area contributed by atoms with Crippen LogP contribution in [-0.2, 0) is 11.4 Å². The van der Waals surface area contributed by atoms with E-state index in [9.17, 15) is 4.79 Å². The van der Waals surface area contributed by atoms with E-state index in [4.69, 9.17) is 21.7 Å². The lowest BCUT2D eigenvalue weighted by atomic mass is 9.94. The third-order valence-corrected chi connectivity index (χ3v) is 6.90. The molecule has 162 valence electrons. The number of ether oxygens (including phenoxy) is 2. The maximum atomic E-state index is 13.0. The highest BCUT2D eigenvalue weighted by Crippen LogP contribution is 2.38. The SMILES string of the molecule is CCOc1cc(/C=C2\SC(=S)N(C3CCCCC3)C2=O)ccc1OCc1ccccc1. The summed E-state index contributed by atoms with van der Waals surface area (Å²) in [5.41, 5.74) is 2.00. The van der Waals surface area contributed by atoms with Crippen LogP contribution in [0.25, 0.3) is 6.08 Å². The second kappa shape index (κ2) is 10.3. The fourth-order valence-corrected chi connectivity index (χ4v) is 5.42. The number of nitrogens with zero attached hydrogens (tertiary/aromatic N) is 1. The van der Waals surface area contributed by atoms with E-state index in [0.29, 0.717) is 33.9 Å². The molecule has 1 aliphatic heterocycles. The Morgan fingerprint density at radius 1 is 1.06 bits per heavy atom. The summed E-state index contributed by atoms with van der Waals surface area (Å²) in [5.74, 6) is 1.40. The molecule has 2 aromatic carbocycles. The first-order chi connectivity index (χ1) is 15.2. The minimum atomic E-state index is 0.0317. The molecule has 1 saturated carbocycles. The summed E-state index contributed by atoms with van der Waals surface area (Å²) < 4.78 is 12.5. The second-order valence-electron chi connectivity index (χ2n) is 7.76. The Morgan fingerprint density at radius 2 is 1.84 bits per heavy atom. The van der Waals surface area contributed by atoms with Crippen LogP contribution in [0.4, 0.5) is 0 Å². The minimum absolute atomic E-state index is 0.0317. The molecule has 0 N–H and O–H groups in total. The molecule has 0 atom stereocenters. The summed E-state index contributed by atoms with van der Waals surface area (Å²) in [4.78, 5) is 15.6. The molecule has 6 heteroatoms. The number of amides is 1. The van der Waals surface area contributed by atoms with Crippen molar-refractivity contribution in [1.82, 2.24) is 4.90 Å². The number of benzene rings is 2. The van der Waals surface area contributed by atoms with E-state index in [2.05, 4.69) is 0 Å². The Labute approximate surface area is 193 Å². The molecule has 2 aliphatic rings. The van der Waals surface area contributed by atoms with Gasteiger partial charge in [0.2, 0.25) is 0 Å². The van der Waals surface area contributed by atoms with Crippen LogP contribution in [0.15, 0.2) is 53.4 Å². The number of thioether (sulfide) groups is 1. The predicted molar refractivity (Wildman–Crippen MR) is 130 cm³/mol. The van der Waals surface area contributed by atoms with Crippen molar-refractivity contribution >= 4 is 40.3 Å². The van der Waals surface area contributed by atoms with Crippen LogP contribution < -0.4 is 9.47 Å². The van der Waals surface area contributed by atoms with Crippen LogP contribution in [0.5, 0.6) is 11.5 Å². The first kappa shape index (κ1) is 21.9. The normalized spacial score (nSPS) is 18.6. The second-order valence-corrected chi connectivity index (χ2v) is 9.43. The number of hydrogen-bond donors (Lipinski definition) is 0. The molecule has 1 heterocycles. The van der Waals surface area contributed by atoms with Gasteiger partial charge in [-0.15, -0.1) is 0 Å². The van der Waals surface area contributed by atoms with Gasteiger partial charge in [0.1, 0.15) is 10.9 Å². The first-order valence-electron chi connectivity index (χ1n) is 10.9. The van der Waals surface area contributed by atoms with Crippen LogP contribution in [0.3, 0.4) is 0 Å². The summed E-state index contributed by atoms with van der Waals surface area (Å²) in [6, 6.07) is 16.1. The fourth-order valence-electron chi connectivity index (χ4n) is 4.02. The van der Waals surface area contributed by atoms with E-state index in [1.54, 1.807) is 0 Å². The molecule has 1 saturated heterocycles. The summed E-state index contributed by atoms with van der Waals surface area (Å²) in [7, 11) is 0. The van der Waals surface area contributed by atoms with Crippen molar-refractivity contribution in [2.24, 2.45) is 0 Å². The summed E-state index contributed by atoms with van der Waals surface area (Å²) in [6.45, 7) is 2.96. The molecule has 4 rings (SSSR count). The number of hydrogen-bond acceptors (Lipinski definition) is 5. The smallest absolute Gasteiger partial charge is 0.266 e. The zero-order chi connectivity index (χ0) is 21.6. The van der Waals surface area contributed by atoms with E-state index in [1.807, 2.05) is 66.4 Å². The third kappa shape index (κ3) is 5.31. The Morgan fingerprint density at radius 3 is 2.58 bits per heavy atom. The van der Waals surface area contributed by atoms with Gasteiger partial charge >= 0.3 is 0 Å². The van der Waals surface area contributed by atoms with Crippen LogP contribution in [0, 0.1) is 0 Å². The Kier molecular flexibility index (Phi) is 7.30. The highest BCUT2D eigenvalue weighted by Gasteiger charge is 2.37. The van der Waals surface area contributed by atoms with E-state index >= 15 is 0 Å². The third-order valence-electron chi connectivity index (χ3n) is 5.57. The van der Waals surface area contributed by atoms with Crippen LogP contribution in [0.1, 0.15) is 50.2 Å². The molecule has 0 radical (unpaired) electrons. The van der Waals surface area contributed by atoms with Crippen LogP contribution >= 0.6 is 24.0 Å². The van der Waals surface area contributed by atoms with Gasteiger partial charge in [-0.05, 0) is 49.1 Å². The van der Waals surface area contributed by atoms with E-state index in [-0.39, 0.29) is 11.9 Å². The molecule has 1 aliphatic carbocycles. The van der Waals surface area contributed by atoms with Crippen molar-refractivity contribution in [3.05, 3.63) is 64.6 Å². The Hall–Kier alpha value is -2.31. The average molecular weight is 454 g/mol. The first-order valence-corrected chi connectivity index (χ1v) is 12.1. The summed E-state index contributed by atoms with van der Waals surface area (Å²) in [6.07, 6.45) is 7.58. The molecule has 0 spiro atoms. The number of carbonyl (C=O) groups excluding carboxylic acids is 1. The van der Waals surface area contributed by atoms with Gasteiger partial charge in [0.05, 0.1) is 11.5 Å². The molecule has 4 nitrogen and oxygen atoms in total. The van der Waals surface area contributed by atoms with Gasteiger partial charge in [-0.3, -0.25) is 9.69 Å². The lowest BCUT2D eigenvalue weighted by Gasteiger charge is -2.29. The summed E-state index contributed by atoms with van der Waals surface area (Å²) >= 11 is 6.94. The molecule has 0 aromatic heterocycles. The molecular formula is C25H27NO3S2. The van der Waals surface area contributed by atoms with Crippen molar-refractivity contribution in [3.8, 4) is 11.5 Å². The van der Waals surface area contributed by atoms with Crippen molar-refractivity contribution in [1.29, 1.82) is 0 Å². The number of thiocarbonyl (C=S) groups is 1. The van der Waals surface area contributed by atoms with Gasteiger partial charge in [0, 0.05) is 6.04 Å². The summed E-state index contributed by atoms with van der Waals surface area (Å²) in [5, 5.41) is 0. The van der Waals surface area contributed by atoms with Gasteiger partial charge < -0.3 is 9.47 Å². The molecule has 2 aromatic rings. The largest absolute Gasteiger partial charge is 0.490 e. The average Bonchev–Trinajstić information content (AvgIpc) is 3.07. The highest BCUT2D eigenvalue weighted by atomic mass is 32.2. The molecule has 1 amide bonds. The molecular weight excluding hydrogens is 426 g/mol. The predicted octanol–water partition coefficient (Wildman–Crippen LogP) is 6.20. The van der Waals surface area contributed by atoms with Crippen LogP contribution in [-0.4, -0.2) is 27.8 Å². The van der Waals surface area contributed by atoms with Crippen molar-refractivity contribution in [3.63, 3.8) is 0 Å². The lowest BCUT2D eigenvalue weighted by molar-refractivity contribution is -0.124. The van der Waals surface area contributed by atoms with Gasteiger partial charge in [-0.1, -0.05) is 79.6 Å². The topological polar surface area (TPSA) is 38.8 Å². The number of rotatable bonds is 7. The maximum Gasteiger partial charge on any atom is 0.266 e. The van der Waals surface area contributed by atoms with Crippen LogP contribution in [0.2, 0.25) is 0 Å². The Bertz CT molecular complexity index is 968. The zero-order valence-corrected chi connectivity index (χ0v) is 19.3. The Balaban J connectivity index is 1.51. The van der Waals surface area contributed by atoms with E-state index < -0.39 is 0 Å². The zero-order valence-electron chi connectivity index (χ0n) is 17.7. The van der Waals surface area contributed by atoms with Gasteiger partial charge in [-0.25, -0.2) is 0 Å². The monoisotopic (exact) mass is 453 g/mol. The van der Waals surface area contributed by atoms with Gasteiger partial charge in [0.25, 0.3) is 5.91 Å². The minimum Gasteiger partial charge on any atom is -0.490 e. The molecule has 31 heavy (non-hydrogen) atoms. The highest BCUT2D eigenvalue weighted by molar-refractivity contribution is 8.26. The molecule has 0 unspecified atom stereocenters. The van der Waals surface area contributed by atoms with E-state index in [0.717, 1.165) is 24.0 Å².